The molecule has 0 aromatic heterocycles. The summed E-state index contributed by atoms with van der Waals surface area (Å²) in [5.74, 6) is -0.297. The van der Waals surface area contributed by atoms with Crippen LogP contribution in [0.4, 0.5) is 24.5 Å². The van der Waals surface area contributed by atoms with E-state index >= 15 is 0 Å². The van der Waals surface area contributed by atoms with Gasteiger partial charge < -0.3 is 4.74 Å². The standard InChI is InChI=1S/C14H7F3N2O4/c15-14(16,17)9-2-1-3-12(4-9)23-13-6-10(18-8-20)5-11(7-13)19(21)22/h1-7H. The van der Waals surface area contributed by atoms with Gasteiger partial charge in [0.05, 0.1) is 22.2 Å². The van der Waals surface area contributed by atoms with Gasteiger partial charge in [0.1, 0.15) is 11.5 Å². The number of isocyanates is 1. The van der Waals surface area contributed by atoms with E-state index in [0.717, 1.165) is 36.4 Å². The van der Waals surface area contributed by atoms with E-state index in [0.29, 0.717) is 0 Å². The number of ether oxygens (including phenoxy) is 1. The fourth-order valence-electron chi connectivity index (χ4n) is 1.72. The summed E-state index contributed by atoms with van der Waals surface area (Å²) >= 11 is 0. The molecule has 23 heavy (non-hydrogen) atoms. The molecule has 6 nitrogen and oxygen atoms in total. The van der Waals surface area contributed by atoms with Crippen molar-refractivity contribution < 1.29 is 27.6 Å². The van der Waals surface area contributed by atoms with Gasteiger partial charge in [0, 0.05) is 12.1 Å². The fraction of sp³-hybridized carbons (Fsp3) is 0.0714. The first-order valence-electron chi connectivity index (χ1n) is 6.02. The molecule has 0 fully saturated rings. The molecular weight excluding hydrogens is 317 g/mol. The second-order valence-corrected chi connectivity index (χ2v) is 4.27. The van der Waals surface area contributed by atoms with E-state index in [9.17, 15) is 28.1 Å². The van der Waals surface area contributed by atoms with Gasteiger partial charge in [-0.1, -0.05) is 6.07 Å². The summed E-state index contributed by atoms with van der Waals surface area (Å²) in [6.45, 7) is 0. The zero-order chi connectivity index (χ0) is 17.0. The summed E-state index contributed by atoms with van der Waals surface area (Å²) in [5.41, 5.74) is -1.45. The average Bonchev–Trinajstić information content (AvgIpc) is 2.46. The Bertz CT molecular complexity index is 779. The van der Waals surface area contributed by atoms with Crippen molar-refractivity contribution in [1.82, 2.24) is 0 Å². The van der Waals surface area contributed by atoms with Crippen molar-refractivity contribution in [3.8, 4) is 11.5 Å². The highest BCUT2D eigenvalue weighted by Gasteiger charge is 2.30. The van der Waals surface area contributed by atoms with Gasteiger partial charge in [-0.05, 0) is 18.2 Å². The largest absolute Gasteiger partial charge is 0.457 e. The minimum absolute atomic E-state index is 0.101. The lowest BCUT2D eigenvalue weighted by Crippen LogP contribution is -2.04. The Morgan fingerprint density at radius 2 is 1.87 bits per heavy atom. The van der Waals surface area contributed by atoms with Crippen molar-refractivity contribution in [2.45, 2.75) is 6.18 Å². The first kappa shape index (κ1) is 16.2. The number of alkyl halides is 3. The molecule has 0 saturated heterocycles. The van der Waals surface area contributed by atoms with E-state index < -0.39 is 22.4 Å². The van der Waals surface area contributed by atoms with Crippen LogP contribution in [-0.2, 0) is 11.0 Å². The predicted molar refractivity (Wildman–Crippen MR) is 72.4 cm³/mol. The van der Waals surface area contributed by atoms with Crippen LogP contribution in [0.25, 0.3) is 0 Å². The molecular formula is C14H7F3N2O4. The normalized spacial score (nSPS) is 10.7. The number of aliphatic imine (C=N–C) groups is 1. The first-order valence-corrected chi connectivity index (χ1v) is 6.02. The Labute approximate surface area is 127 Å². The highest BCUT2D eigenvalue weighted by molar-refractivity contribution is 5.58. The number of carbonyl (C=O) groups excluding carboxylic acids is 1. The third-order valence-corrected chi connectivity index (χ3v) is 2.66. The second kappa shape index (κ2) is 6.29. The van der Waals surface area contributed by atoms with Crippen LogP contribution in [0.1, 0.15) is 5.56 Å². The van der Waals surface area contributed by atoms with Crippen molar-refractivity contribution in [2.24, 2.45) is 4.99 Å². The van der Waals surface area contributed by atoms with Crippen LogP contribution in [0.5, 0.6) is 11.5 Å². The average molecular weight is 324 g/mol. The van der Waals surface area contributed by atoms with Crippen LogP contribution in [-0.4, -0.2) is 11.0 Å². The Morgan fingerprint density at radius 1 is 1.13 bits per heavy atom. The van der Waals surface area contributed by atoms with E-state index in [1.54, 1.807) is 0 Å². The molecule has 0 amide bonds. The summed E-state index contributed by atoms with van der Waals surface area (Å²) < 4.78 is 43.1. The predicted octanol–water partition coefficient (Wildman–Crippen LogP) is 4.37. The summed E-state index contributed by atoms with van der Waals surface area (Å²) in [7, 11) is 0. The number of nitro benzene ring substituents is 1. The molecule has 0 unspecified atom stereocenters. The molecule has 2 aromatic carbocycles. The smallest absolute Gasteiger partial charge is 0.416 e. The van der Waals surface area contributed by atoms with Gasteiger partial charge >= 0.3 is 6.18 Å². The van der Waals surface area contributed by atoms with Crippen LogP contribution in [0.3, 0.4) is 0 Å². The number of rotatable bonds is 4. The van der Waals surface area contributed by atoms with Crippen molar-refractivity contribution in [3.63, 3.8) is 0 Å². The Balaban J connectivity index is 2.40. The van der Waals surface area contributed by atoms with Crippen LogP contribution < -0.4 is 4.74 Å². The minimum atomic E-state index is -4.55. The van der Waals surface area contributed by atoms with Crippen molar-refractivity contribution in [1.29, 1.82) is 0 Å². The Hall–Kier alpha value is -3.19. The minimum Gasteiger partial charge on any atom is -0.457 e. The van der Waals surface area contributed by atoms with Gasteiger partial charge in [-0.15, -0.1) is 0 Å². The maximum atomic E-state index is 12.6. The molecule has 0 saturated carbocycles. The molecule has 0 aliphatic heterocycles. The SMILES string of the molecule is O=C=Nc1cc(Oc2cccc(C(F)(F)F)c2)cc([N+](=O)[O-])c1. The van der Waals surface area contributed by atoms with Gasteiger partial charge in [-0.2, -0.15) is 18.2 Å². The number of hydrogen-bond acceptors (Lipinski definition) is 5. The molecule has 0 spiro atoms. The van der Waals surface area contributed by atoms with E-state index in [1.807, 2.05) is 0 Å². The maximum Gasteiger partial charge on any atom is 0.416 e. The van der Waals surface area contributed by atoms with Gasteiger partial charge in [0.2, 0.25) is 6.08 Å². The van der Waals surface area contributed by atoms with Crippen molar-refractivity contribution >= 4 is 17.5 Å². The van der Waals surface area contributed by atoms with Gasteiger partial charge in [0.25, 0.3) is 5.69 Å². The van der Waals surface area contributed by atoms with Gasteiger partial charge in [0.15, 0.2) is 0 Å². The van der Waals surface area contributed by atoms with Crippen LogP contribution in [0.15, 0.2) is 47.5 Å². The molecule has 0 atom stereocenters. The van der Waals surface area contributed by atoms with Crippen LogP contribution in [0, 0.1) is 10.1 Å². The summed E-state index contributed by atoms with van der Waals surface area (Å²) in [4.78, 5) is 23.6. The Kier molecular flexibility index (Phi) is 4.42. The van der Waals surface area contributed by atoms with E-state index in [1.165, 1.54) is 12.1 Å². The van der Waals surface area contributed by atoms with Crippen molar-refractivity contribution in [3.05, 3.63) is 58.1 Å². The molecule has 2 rings (SSSR count). The Morgan fingerprint density at radius 3 is 2.48 bits per heavy atom. The monoisotopic (exact) mass is 324 g/mol. The number of benzene rings is 2. The van der Waals surface area contributed by atoms with Gasteiger partial charge in [-0.25, -0.2) is 4.79 Å². The third-order valence-electron chi connectivity index (χ3n) is 2.66. The number of nitro groups is 1. The molecule has 0 N–H and O–H groups in total. The molecule has 9 heteroatoms. The fourth-order valence-corrected chi connectivity index (χ4v) is 1.72. The number of halogens is 3. The first-order chi connectivity index (χ1) is 10.8. The molecule has 2 aromatic rings. The zero-order valence-electron chi connectivity index (χ0n) is 11.2. The molecule has 0 heterocycles. The summed E-state index contributed by atoms with van der Waals surface area (Å²) in [6, 6.07) is 7.19. The number of nitrogens with zero attached hydrogens (tertiary/aromatic N) is 2. The topological polar surface area (TPSA) is 81.8 Å². The molecule has 0 aliphatic rings. The lowest BCUT2D eigenvalue weighted by atomic mass is 10.2. The van der Waals surface area contributed by atoms with E-state index in [4.69, 9.17) is 4.74 Å². The third kappa shape index (κ3) is 4.14. The number of non-ortho nitro benzene ring substituents is 1. The lowest BCUT2D eigenvalue weighted by Gasteiger charge is -2.10. The van der Waals surface area contributed by atoms with Crippen LogP contribution >= 0.6 is 0 Å². The lowest BCUT2D eigenvalue weighted by molar-refractivity contribution is -0.384. The summed E-state index contributed by atoms with van der Waals surface area (Å²) in [6.07, 6.45) is -3.33. The molecule has 0 radical (unpaired) electrons. The highest BCUT2D eigenvalue weighted by atomic mass is 19.4. The highest BCUT2D eigenvalue weighted by Crippen LogP contribution is 2.34. The van der Waals surface area contributed by atoms with Crippen molar-refractivity contribution in [2.75, 3.05) is 0 Å². The maximum absolute atomic E-state index is 12.6. The van der Waals surface area contributed by atoms with E-state index in [2.05, 4.69) is 4.99 Å². The van der Waals surface area contributed by atoms with E-state index in [-0.39, 0.29) is 17.2 Å². The molecule has 0 aliphatic carbocycles. The summed E-state index contributed by atoms with van der Waals surface area (Å²) in [5, 5.41) is 10.8. The quantitative estimate of drug-likeness (QED) is 0.362. The number of hydrogen-bond donors (Lipinski definition) is 0. The molecule has 118 valence electrons. The molecule has 0 bridgehead atoms. The van der Waals surface area contributed by atoms with Crippen LogP contribution in [0.2, 0.25) is 0 Å². The second-order valence-electron chi connectivity index (χ2n) is 4.27. The van der Waals surface area contributed by atoms with Gasteiger partial charge in [-0.3, -0.25) is 10.1 Å². The zero-order valence-corrected chi connectivity index (χ0v) is 11.2.